The van der Waals surface area contributed by atoms with Crippen LogP contribution in [0.2, 0.25) is 0 Å². The zero-order chi connectivity index (χ0) is 32.8. The first kappa shape index (κ1) is 33.9. The Morgan fingerprint density at radius 3 is 2.02 bits per heavy atom. The summed E-state index contributed by atoms with van der Waals surface area (Å²) in [5, 5.41) is 3.01. The van der Waals surface area contributed by atoms with Crippen LogP contribution in [0.4, 0.5) is 10.1 Å². The highest BCUT2D eigenvalue weighted by atomic mass is 79.9. The molecule has 7 nitrogen and oxygen atoms in total. The van der Waals surface area contributed by atoms with Gasteiger partial charge in [-0.05, 0) is 87.4 Å². The largest absolute Gasteiger partial charge is 0.350 e. The van der Waals surface area contributed by atoms with Crippen LogP contribution < -0.4 is 9.62 Å². The Morgan fingerprint density at radius 1 is 0.844 bits per heavy atom. The summed E-state index contributed by atoms with van der Waals surface area (Å²) in [6.45, 7) is 6.92. The van der Waals surface area contributed by atoms with Gasteiger partial charge in [-0.15, -0.1) is 0 Å². The monoisotopic (exact) mass is 693 g/mol. The molecule has 0 aliphatic carbocycles. The number of hydrogen-bond acceptors (Lipinski definition) is 4. The van der Waals surface area contributed by atoms with E-state index in [1.54, 1.807) is 24.3 Å². The molecule has 0 heterocycles. The van der Waals surface area contributed by atoms with Crippen molar-refractivity contribution < 1.29 is 22.4 Å². The molecule has 4 aromatic carbocycles. The molecule has 0 aromatic heterocycles. The number of carbonyl (C=O) groups excluding carboxylic acids is 2. The average Bonchev–Trinajstić information content (AvgIpc) is 2.99. The number of anilines is 1. The fraction of sp³-hybridized carbons (Fsp3) is 0.257. The number of benzene rings is 4. The number of nitrogens with one attached hydrogen (secondary N) is 1. The second kappa shape index (κ2) is 14.4. The summed E-state index contributed by atoms with van der Waals surface area (Å²) in [5.41, 5.74) is 2.19. The molecular weight excluding hydrogens is 657 g/mol. The van der Waals surface area contributed by atoms with Gasteiger partial charge < -0.3 is 10.2 Å². The summed E-state index contributed by atoms with van der Waals surface area (Å²) in [6.07, 6.45) is 0.209. The Morgan fingerprint density at radius 2 is 1.44 bits per heavy atom. The third-order valence-corrected chi connectivity index (χ3v) is 9.35. The van der Waals surface area contributed by atoms with Crippen LogP contribution in [0.1, 0.15) is 37.5 Å². The van der Waals surface area contributed by atoms with Gasteiger partial charge in [-0.1, -0.05) is 76.1 Å². The van der Waals surface area contributed by atoms with E-state index in [-0.39, 0.29) is 29.5 Å². The van der Waals surface area contributed by atoms with Crippen LogP contribution in [0.5, 0.6) is 0 Å². The lowest BCUT2D eigenvalue weighted by Crippen LogP contribution is -2.56. The number of sulfonamides is 1. The van der Waals surface area contributed by atoms with Gasteiger partial charge >= 0.3 is 0 Å². The van der Waals surface area contributed by atoms with E-state index >= 15 is 0 Å². The van der Waals surface area contributed by atoms with Gasteiger partial charge in [0.15, 0.2) is 0 Å². The lowest BCUT2D eigenvalue weighted by atomic mass is 10.0. The summed E-state index contributed by atoms with van der Waals surface area (Å²) < 4.78 is 43.6. The van der Waals surface area contributed by atoms with E-state index in [2.05, 4.69) is 21.2 Å². The molecule has 0 saturated heterocycles. The number of amides is 2. The van der Waals surface area contributed by atoms with E-state index in [0.29, 0.717) is 0 Å². The normalized spacial score (nSPS) is 12.3. The van der Waals surface area contributed by atoms with E-state index < -0.39 is 39.9 Å². The number of carbonyl (C=O) groups is 2. The van der Waals surface area contributed by atoms with Crippen molar-refractivity contribution in [2.75, 3.05) is 10.8 Å². The smallest absolute Gasteiger partial charge is 0.264 e. The molecular formula is C35H37BrFN3O4S. The number of rotatable bonds is 11. The Hall–Kier alpha value is -4.02. The van der Waals surface area contributed by atoms with E-state index in [1.807, 2.05) is 82.3 Å². The Labute approximate surface area is 273 Å². The number of halogens is 2. The van der Waals surface area contributed by atoms with Gasteiger partial charge in [-0.25, -0.2) is 12.8 Å². The highest BCUT2D eigenvalue weighted by Gasteiger charge is 2.35. The maximum atomic E-state index is 14.5. The van der Waals surface area contributed by atoms with Gasteiger partial charge in [0, 0.05) is 23.0 Å². The fourth-order valence-electron chi connectivity index (χ4n) is 4.77. The van der Waals surface area contributed by atoms with Crippen molar-refractivity contribution in [3.8, 4) is 0 Å². The van der Waals surface area contributed by atoms with Crippen molar-refractivity contribution >= 4 is 43.5 Å². The van der Waals surface area contributed by atoms with Gasteiger partial charge in [-0.2, -0.15) is 0 Å². The maximum absolute atomic E-state index is 14.5. The van der Waals surface area contributed by atoms with Gasteiger partial charge in [0.05, 0.1) is 10.6 Å². The molecule has 4 rings (SSSR count). The minimum Gasteiger partial charge on any atom is -0.350 e. The van der Waals surface area contributed by atoms with Crippen LogP contribution in [0.3, 0.4) is 0 Å². The lowest BCUT2D eigenvalue weighted by Gasteiger charge is -2.35. The first-order valence-corrected chi connectivity index (χ1v) is 16.7. The quantitative estimate of drug-likeness (QED) is 0.191. The third-order valence-electron chi connectivity index (χ3n) is 7.04. The Bertz CT molecular complexity index is 1710. The molecule has 0 saturated carbocycles. The second-order valence-corrected chi connectivity index (χ2v) is 14.7. The van der Waals surface area contributed by atoms with E-state index in [1.165, 1.54) is 17.0 Å². The highest BCUT2D eigenvalue weighted by Crippen LogP contribution is 2.26. The van der Waals surface area contributed by atoms with Crippen LogP contribution in [0.15, 0.2) is 112 Å². The molecule has 1 atom stereocenters. The molecule has 0 aliphatic heterocycles. The zero-order valence-corrected chi connectivity index (χ0v) is 28.1. The third kappa shape index (κ3) is 9.25. The molecule has 0 unspecified atom stereocenters. The molecule has 0 aliphatic rings. The molecule has 4 aromatic rings. The molecule has 236 valence electrons. The maximum Gasteiger partial charge on any atom is 0.264 e. The van der Waals surface area contributed by atoms with Crippen molar-refractivity contribution in [1.82, 2.24) is 10.2 Å². The Balaban J connectivity index is 1.81. The molecule has 0 spiro atoms. The molecule has 1 N–H and O–H groups in total. The van der Waals surface area contributed by atoms with E-state index in [9.17, 15) is 22.4 Å². The van der Waals surface area contributed by atoms with Crippen LogP contribution >= 0.6 is 15.9 Å². The molecule has 45 heavy (non-hydrogen) atoms. The average molecular weight is 695 g/mol. The summed E-state index contributed by atoms with van der Waals surface area (Å²) in [6, 6.07) is 27.0. The zero-order valence-electron chi connectivity index (χ0n) is 25.7. The number of aryl methyl sites for hydroxylation is 1. The van der Waals surface area contributed by atoms with Crippen LogP contribution in [0.25, 0.3) is 0 Å². The SMILES string of the molecule is Cc1ccc(N(CC(=O)N(Cc2ccc(Br)cc2)[C@@H](Cc2ccccc2)C(=O)NC(C)(C)C)S(=O)(=O)c2ccc(F)cc2)cc1. The van der Waals surface area contributed by atoms with Gasteiger partial charge in [-0.3, -0.25) is 13.9 Å². The van der Waals surface area contributed by atoms with Crippen molar-refractivity contribution in [3.63, 3.8) is 0 Å². The molecule has 0 bridgehead atoms. The molecule has 10 heteroatoms. The van der Waals surface area contributed by atoms with Gasteiger partial charge in [0.25, 0.3) is 10.0 Å². The predicted molar refractivity (Wildman–Crippen MR) is 179 cm³/mol. The Kier molecular flexibility index (Phi) is 10.8. The van der Waals surface area contributed by atoms with Crippen molar-refractivity contribution in [2.24, 2.45) is 0 Å². The molecule has 0 fully saturated rings. The minimum absolute atomic E-state index is 0.0551. The molecule has 0 radical (unpaired) electrons. The number of nitrogens with zero attached hydrogens (tertiary/aromatic N) is 2. The summed E-state index contributed by atoms with van der Waals surface area (Å²) in [4.78, 5) is 29.7. The van der Waals surface area contributed by atoms with Crippen LogP contribution in [0, 0.1) is 12.7 Å². The fourth-order valence-corrected chi connectivity index (χ4v) is 6.45. The van der Waals surface area contributed by atoms with Crippen molar-refractivity contribution in [2.45, 2.75) is 57.1 Å². The van der Waals surface area contributed by atoms with E-state index in [4.69, 9.17) is 0 Å². The highest BCUT2D eigenvalue weighted by molar-refractivity contribution is 9.10. The van der Waals surface area contributed by atoms with Gasteiger partial charge in [0.1, 0.15) is 18.4 Å². The standard InChI is InChI=1S/C35H37BrFN3O4S/c1-25-10-18-30(19-11-25)40(45(43,44)31-20-16-29(37)17-21-31)24-33(41)39(23-27-12-14-28(36)15-13-27)32(34(42)38-35(2,3)4)22-26-8-6-5-7-9-26/h5-21,32H,22-24H2,1-4H3,(H,38,42)/t32-/m0/s1. The first-order chi connectivity index (χ1) is 21.2. The summed E-state index contributed by atoms with van der Waals surface area (Å²) >= 11 is 3.44. The predicted octanol–water partition coefficient (Wildman–Crippen LogP) is 6.65. The van der Waals surface area contributed by atoms with Crippen molar-refractivity contribution in [3.05, 3.63) is 130 Å². The summed E-state index contributed by atoms with van der Waals surface area (Å²) in [5.74, 6) is -1.52. The van der Waals surface area contributed by atoms with E-state index in [0.717, 1.165) is 37.6 Å². The summed E-state index contributed by atoms with van der Waals surface area (Å²) in [7, 11) is -4.31. The number of hydrogen-bond donors (Lipinski definition) is 1. The second-order valence-electron chi connectivity index (χ2n) is 11.9. The van der Waals surface area contributed by atoms with Crippen molar-refractivity contribution in [1.29, 1.82) is 0 Å². The molecule has 2 amide bonds. The topological polar surface area (TPSA) is 86.8 Å². The minimum atomic E-state index is -4.31. The lowest BCUT2D eigenvalue weighted by molar-refractivity contribution is -0.140. The first-order valence-electron chi connectivity index (χ1n) is 14.5. The van der Waals surface area contributed by atoms with Crippen LogP contribution in [-0.2, 0) is 32.6 Å². The van der Waals surface area contributed by atoms with Gasteiger partial charge in [0.2, 0.25) is 11.8 Å². The van der Waals surface area contributed by atoms with Crippen LogP contribution in [-0.4, -0.2) is 43.3 Å².